The van der Waals surface area contributed by atoms with Gasteiger partial charge < -0.3 is 15.7 Å². The highest BCUT2D eigenvalue weighted by atomic mass is 16.4. The van der Waals surface area contributed by atoms with Crippen LogP contribution in [-0.2, 0) is 11.3 Å². The number of hydrogen-bond acceptors (Lipinski definition) is 3. The summed E-state index contributed by atoms with van der Waals surface area (Å²) in [5.74, 6) is -0.958. The number of hydrogen-bond donors (Lipinski definition) is 3. The van der Waals surface area contributed by atoms with Crippen LogP contribution < -0.4 is 10.6 Å². The molecule has 2 amide bonds. The Balaban J connectivity index is 2.37. The fourth-order valence-corrected chi connectivity index (χ4v) is 1.47. The lowest BCUT2D eigenvalue weighted by Gasteiger charge is -2.12. The zero-order chi connectivity index (χ0) is 14.3. The number of carbonyl (C=O) groups excluding carboxylic acids is 1. The molecule has 0 aliphatic heterocycles. The topological polar surface area (TPSA) is 102 Å². The number of nitriles is 1. The summed E-state index contributed by atoms with van der Waals surface area (Å²) >= 11 is 0. The number of rotatable bonds is 5. The number of urea groups is 1. The van der Waals surface area contributed by atoms with Gasteiger partial charge in [-0.15, -0.1) is 0 Å². The Morgan fingerprint density at radius 2 is 2.00 bits per heavy atom. The van der Waals surface area contributed by atoms with Gasteiger partial charge in [0.15, 0.2) is 0 Å². The molecule has 0 radical (unpaired) electrons. The summed E-state index contributed by atoms with van der Waals surface area (Å²) in [6.07, 6.45) is -0.121. The first-order valence-electron chi connectivity index (χ1n) is 5.76. The molecule has 100 valence electrons. The van der Waals surface area contributed by atoms with Gasteiger partial charge in [0.25, 0.3) is 0 Å². The van der Waals surface area contributed by atoms with Gasteiger partial charge in [0.1, 0.15) is 0 Å². The van der Waals surface area contributed by atoms with Crippen LogP contribution in [0.4, 0.5) is 4.79 Å². The Hall–Kier alpha value is -2.55. The fraction of sp³-hybridized carbons (Fsp3) is 0.308. The van der Waals surface area contributed by atoms with Crippen LogP contribution in [0.15, 0.2) is 24.3 Å². The molecule has 0 heterocycles. The van der Waals surface area contributed by atoms with Gasteiger partial charge in [0.05, 0.1) is 18.1 Å². The molecule has 0 aliphatic carbocycles. The van der Waals surface area contributed by atoms with E-state index in [9.17, 15) is 9.59 Å². The summed E-state index contributed by atoms with van der Waals surface area (Å²) in [7, 11) is 0. The molecule has 1 atom stereocenters. The van der Waals surface area contributed by atoms with Gasteiger partial charge in [-0.3, -0.25) is 4.79 Å². The van der Waals surface area contributed by atoms with Crippen molar-refractivity contribution in [2.75, 3.05) is 0 Å². The van der Waals surface area contributed by atoms with E-state index in [0.29, 0.717) is 12.1 Å². The average molecular weight is 261 g/mol. The molecule has 0 bridgehead atoms. The monoisotopic (exact) mass is 261 g/mol. The average Bonchev–Trinajstić information content (AvgIpc) is 2.36. The van der Waals surface area contributed by atoms with E-state index >= 15 is 0 Å². The molecule has 1 unspecified atom stereocenters. The number of amides is 2. The van der Waals surface area contributed by atoms with Crippen LogP contribution in [0.5, 0.6) is 0 Å². The highest BCUT2D eigenvalue weighted by molar-refractivity contribution is 5.75. The number of nitrogens with zero attached hydrogens (tertiary/aromatic N) is 1. The molecule has 19 heavy (non-hydrogen) atoms. The summed E-state index contributed by atoms with van der Waals surface area (Å²) in [6, 6.07) is 7.99. The van der Waals surface area contributed by atoms with E-state index in [1.807, 2.05) is 6.07 Å². The van der Waals surface area contributed by atoms with Crippen LogP contribution >= 0.6 is 0 Å². The molecular formula is C13H15N3O3. The Morgan fingerprint density at radius 3 is 2.53 bits per heavy atom. The van der Waals surface area contributed by atoms with E-state index < -0.39 is 18.0 Å². The zero-order valence-corrected chi connectivity index (χ0v) is 10.5. The highest BCUT2D eigenvalue weighted by Crippen LogP contribution is 2.02. The van der Waals surface area contributed by atoms with Gasteiger partial charge in [-0.1, -0.05) is 12.1 Å². The minimum absolute atomic E-state index is 0.121. The first-order valence-corrected chi connectivity index (χ1v) is 5.76. The minimum atomic E-state index is -0.958. The van der Waals surface area contributed by atoms with Crippen molar-refractivity contribution in [3.8, 4) is 6.07 Å². The maximum absolute atomic E-state index is 11.5. The van der Waals surface area contributed by atoms with Gasteiger partial charge in [-0.2, -0.15) is 5.26 Å². The van der Waals surface area contributed by atoms with Crippen LogP contribution in [0.3, 0.4) is 0 Å². The first-order chi connectivity index (χ1) is 9.01. The maximum Gasteiger partial charge on any atom is 0.315 e. The molecule has 1 aromatic carbocycles. The number of nitrogens with one attached hydrogen (secondary N) is 2. The molecule has 0 saturated carbocycles. The second kappa shape index (κ2) is 7.01. The van der Waals surface area contributed by atoms with Crippen molar-refractivity contribution < 1.29 is 14.7 Å². The summed E-state index contributed by atoms with van der Waals surface area (Å²) < 4.78 is 0. The van der Waals surface area contributed by atoms with Crippen LogP contribution in [0.2, 0.25) is 0 Å². The minimum Gasteiger partial charge on any atom is -0.481 e. The predicted molar refractivity (Wildman–Crippen MR) is 68.2 cm³/mol. The van der Waals surface area contributed by atoms with E-state index in [4.69, 9.17) is 10.4 Å². The third-order valence-electron chi connectivity index (χ3n) is 2.39. The first kappa shape index (κ1) is 14.5. The molecule has 6 nitrogen and oxygen atoms in total. The molecule has 1 rings (SSSR count). The number of aliphatic carboxylic acids is 1. The lowest BCUT2D eigenvalue weighted by molar-refractivity contribution is -0.137. The van der Waals surface area contributed by atoms with Crippen LogP contribution in [0.25, 0.3) is 0 Å². The number of carbonyl (C=O) groups is 2. The van der Waals surface area contributed by atoms with Crippen molar-refractivity contribution >= 4 is 12.0 Å². The quantitative estimate of drug-likeness (QED) is 0.741. The number of carboxylic acid groups (broad SMARTS) is 1. The van der Waals surface area contributed by atoms with Crippen LogP contribution in [-0.4, -0.2) is 23.1 Å². The van der Waals surface area contributed by atoms with Crippen molar-refractivity contribution in [3.63, 3.8) is 0 Å². The zero-order valence-electron chi connectivity index (χ0n) is 10.5. The van der Waals surface area contributed by atoms with Gasteiger partial charge >= 0.3 is 12.0 Å². The van der Waals surface area contributed by atoms with Crippen molar-refractivity contribution in [3.05, 3.63) is 35.4 Å². The molecule has 0 spiro atoms. The lowest BCUT2D eigenvalue weighted by atomic mass is 10.1. The Bertz CT molecular complexity index is 491. The molecule has 0 fully saturated rings. The summed E-state index contributed by atoms with van der Waals surface area (Å²) in [4.78, 5) is 21.9. The Kier molecular flexibility index (Phi) is 5.35. The molecule has 0 aliphatic rings. The Labute approximate surface area is 111 Å². The van der Waals surface area contributed by atoms with E-state index in [-0.39, 0.29) is 6.42 Å². The van der Waals surface area contributed by atoms with Crippen LogP contribution in [0, 0.1) is 11.3 Å². The highest BCUT2D eigenvalue weighted by Gasteiger charge is 2.10. The van der Waals surface area contributed by atoms with Crippen molar-refractivity contribution in [2.45, 2.75) is 25.9 Å². The van der Waals surface area contributed by atoms with E-state index in [2.05, 4.69) is 10.6 Å². The summed E-state index contributed by atoms with van der Waals surface area (Å²) in [6.45, 7) is 1.94. The van der Waals surface area contributed by atoms with E-state index in [1.54, 1.807) is 31.2 Å². The predicted octanol–water partition coefficient (Wildman–Crippen LogP) is 1.22. The second-order valence-corrected chi connectivity index (χ2v) is 4.13. The van der Waals surface area contributed by atoms with Gasteiger partial charge in [-0.05, 0) is 24.6 Å². The van der Waals surface area contributed by atoms with Crippen molar-refractivity contribution in [2.24, 2.45) is 0 Å². The number of benzene rings is 1. The molecular weight excluding hydrogens is 246 g/mol. The van der Waals surface area contributed by atoms with E-state index in [1.165, 1.54) is 0 Å². The lowest BCUT2D eigenvalue weighted by Crippen LogP contribution is -2.41. The largest absolute Gasteiger partial charge is 0.481 e. The standard InChI is InChI=1S/C13H15N3O3/c1-9(6-12(17)18)16-13(19)15-8-11-4-2-10(7-14)3-5-11/h2-5,9H,6,8H2,1H3,(H,17,18)(H2,15,16,19). The summed E-state index contributed by atoms with van der Waals surface area (Å²) in [5, 5.41) is 22.3. The number of carboxylic acids is 1. The smallest absolute Gasteiger partial charge is 0.315 e. The van der Waals surface area contributed by atoms with Gasteiger partial charge in [-0.25, -0.2) is 4.79 Å². The van der Waals surface area contributed by atoms with Gasteiger partial charge in [0, 0.05) is 12.6 Å². The fourth-order valence-electron chi connectivity index (χ4n) is 1.47. The van der Waals surface area contributed by atoms with Crippen molar-refractivity contribution in [1.29, 1.82) is 5.26 Å². The third kappa shape index (κ3) is 5.55. The van der Waals surface area contributed by atoms with Gasteiger partial charge in [0.2, 0.25) is 0 Å². The normalized spacial score (nSPS) is 11.2. The van der Waals surface area contributed by atoms with Crippen molar-refractivity contribution in [1.82, 2.24) is 10.6 Å². The Morgan fingerprint density at radius 1 is 1.37 bits per heavy atom. The summed E-state index contributed by atoms with van der Waals surface area (Å²) in [5.41, 5.74) is 1.42. The maximum atomic E-state index is 11.5. The SMILES string of the molecule is CC(CC(=O)O)NC(=O)NCc1ccc(C#N)cc1. The molecule has 0 saturated heterocycles. The molecule has 6 heteroatoms. The van der Waals surface area contributed by atoms with E-state index in [0.717, 1.165) is 5.56 Å². The van der Waals surface area contributed by atoms with Crippen LogP contribution in [0.1, 0.15) is 24.5 Å². The molecule has 1 aromatic rings. The molecule has 0 aromatic heterocycles. The second-order valence-electron chi connectivity index (χ2n) is 4.13. The third-order valence-corrected chi connectivity index (χ3v) is 2.39. The molecule has 3 N–H and O–H groups in total.